The molecule has 3 N–H and O–H groups in total. The number of benzene rings is 1. The summed E-state index contributed by atoms with van der Waals surface area (Å²) in [4.78, 5) is 8.76. The minimum absolute atomic E-state index is 0.620. The van der Waals surface area contributed by atoms with Gasteiger partial charge in [0, 0.05) is 11.8 Å². The predicted molar refractivity (Wildman–Crippen MR) is 66.5 cm³/mol. The maximum absolute atomic E-state index is 6.13. The second-order valence-electron chi connectivity index (χ2n) is 3.57. The maximum Gasteiger partial charge on any atom is 0.151 e. The molecule has 4 nitrogen and oxygen atoms in total. The van der Waals surface area contributed by atoms with Gasteiger partial charge in [0.1, 0.15) is 5.82 Å². The first-order valence-electron chi connectivity index (χ1n) is 5.09. The Bertz CT molecular complexity index is 539. The van der Waals surface area contributed by atoms with Gasteiger partial charge >= 0.3 is 0 Å². The van der Waals surface area contributed by atoms with Crippen LogP contribution in [0.4, 0.5) is 5.82 Å². The van der Waals surface area contributed by atoms with Crippen LogP contribution in [0, 0.1) is 6.92 Å². The molecule has 0 bridgehead atoms. The Morgan fingerprint density at radius 2 is 2.12 bits per heavy atom. The van der Waals surface area contributed by atoms with Gasteiger partial charge in [-0.2, -0.15) is 0 Å². The van der Waals surface area contributed by atoms with Crippen LogP contribution in [-0.2, 0) is 6.42 Å². The van der Waals surface area contributed by atoms with Gasteiger partial charge in [-0.25, -0.2) is 15.8 Å². The van der Waals surface area contributed by atoms with Crippen molar-refractivity contribution >= 4 is 28.3 Å². The molecule has 0 saturated carbocycles. The van der Waals surface area contributed by atoms with E-state index in [1.54, 1.807) is 0 Å². The summed E-state index contributed by atoms with van der Waals surface area (Å²) >= 11 is 6.13. The van der Waals surface area contributed by atoms with Gasteiger partial charge in [-0.1, -0.05) is 24.6 Å². The molecule has 0 atom stereocenters. The Labute approximate surface area is 98.8 Å². The Morgan fingerprint density at radius 1 is 1.38 bits per heavy atom. The SMILES string of the molecule is CCc1nc(NN)c2c(C)ccc(Cl)c2n1. The number of hydrogen-bond acceptors (Lipinski definition) is 4. The van der Waals surface area contributed by atoms with Crippen molar-refractivity contribution in [1.29, 1.82) is 0 Å². The summed E-state index contributed by atoms with van der Waals surface area (Å²) < 4.78 is 0. The third kappa shape index (κ3) is 1.70. The zero-order chi connectivity index (χ0) is 11.7. The lowest BCUT2D eigenvalue weighted by molar-refractivity contribution is 0.958. The van der Waals surface area contributed by atoms with Crippen LogP contribution in [0.5, 0.6) is 0 Å². The minimum Gasteiger partial charge on any atom is -0.308 e. The van der Waals surface area contributed by atoms with Crippen LogP contribution in [0.25, 0.3) is 10.9 Å². The van der Waals surface area contributed by atoms with E-state index in [2.05, 4.69) is 15.4 Å². The molecule has 0 aliphatic carbocycles. The molecule has 84 valence electrons. The summed E-state index contributed by atoms with van der Waals surface area (Å²) in [7, 11) is 0. The minimum atomic E-state index is 0.620. The van der Waals surface area contributed by atoms with Crippen LogP contribution < -0.4 is 11.3 Å². The number of nitrogen functional groups attached to an aromatic ring is 1. The molecule has 0 unspecified atom stereocenters. The highest BCUT2D eigenvalue weighted by Crippen LogP contribution is 2.29. The van der Waals surface area contributed by atoms with E-state index in [0.29, 0.717) is 10.8 Å². The summed E-state index contributed by atoms with van der Waals surface area (Å²) in [5.74, 6) is 6.83. The Kier molecular flexibility index (Phi) is 2.94. The second kappa shape index (κ2) is 4.23. The van der Waals surface area contributed by atoms with Gasteiger partial charge in [-0.3, -0.25) is 0 Å². The van der Waals surface area contributed by atoms with Crippen LogP contribution in [0.15, 0.2) is 12.1 Å². The summed E-state index contributed by atoms with van der Waals surface area (Å²) in [6.45, 7) is 3.97. The number of hydrogen-bond donors (Lipinski definition) is 2. The smallest absolute Gasteiger partial charge is 0.151 e. The first-order valence-corrected chi connectivity index (χ1v) is 5.47. The van der Waals surface area contributed by atoms with Gasteiger partial charge in [-0.15, -0.1) is 0 Å². The molecule has 0 fully saturated rings. The first-order chi connectivity index (χ1) is 7.67. The van der Waals surface area contributed by atoms with E-state index in [1.165, 1.54) is 0 Å². The average molecular weight is 237 g/mol. The zero-order valence-corrected chi connectivity index (χ0v) is 9.97. The number of aromatic nitrogens is 2. The molecule has 16 heavy (non-hydrogen) atoms. The molecule has 0 spiro atoms. The van der Waals surface area contributed by atoms with Gasteiger partial charge in [0.2, 0.25) is 0 Å². The average Bonchev–Trinajstić information content (AvgIpc) is 2.32. The Hall–Kier alpha value is -1.39. The summed E-state index contributed by atoms with van der Waals surface area (Å²) in [5, 5.41) is 1.50. The highest BCUT2D eigenvalue weighted by Gasteiger charge is 2.11. The number of nitrogens with two attached hydrogens (primary N) is 1. The van der Waals surface area contributed by atoms with E-state index in [0.717, 1.165) is 28.7 Å². The lowest BCUT2D eigenvalue weighted by Crippen LogP contribution is -2.11. The van der Waals surface area contributed by atoms with Crippen molar-refractivity contribution in [3.63, 3.8) is 0 Å². The van der Waals surface area contributed by atoms with Crippen molar-refractivity contribution in [3.8, 4) is 0 Å². The molecule has 1 aromatic carbocycles. The number of halogens is 1. The number of fused-ring (bicyclic) bond motifs is 1. The fourth-order valence-electron chi connectivity index (χ4n) is 1.68. The number of nitrogens with one attached hydrogen (secondary N) is 1. The van der Waals surface area contributed by atoms with Crippen molar-refractivity contribution in [2.75, 3.05) is 5.43 Å². The van der Waals surface area contributed by atoms with E-state index >= 15 is 0 Å². The first kappa shape index (κ1) is 11.1. The van der Waals surface area contributed by atoms with Crippen LogP contribution in [0.1, 0.15) is 18.3 Å². The van der Waals surface area contributed by atoms with Crippen molar-refractivity contribution in [3.05, 3.63) is 28.5 Å². The van der Waals surface area contributed by atoms with Crippen molar-refractivity contribution < 1.29 is 0 Å². The van der Waals surface area contributed by atoms with Gasteiger partial charge in [-0.05, 0) is 18.6 Å². The largest absolute Gasteiger partial charge is 0.308 e. The lowest BCUT2D eigenvalue weighted by atomic mass is 10.1. The Morgan fingerprint density at radius 3 is 2.75 bits per heavy atom. The normalized spacial score (nSPS) is 10.8. The molecule has 1 aromatic heterocycles. The van der Waals surface area contributed by atoms with E-state index in [-0.39, 0.29) is 0 Å². The van der Waals surface area contributed by atoms with Gasteiger partial charge < -0.3 is 5.43 Å². The Balaban J connectivity index is 2.88. The lowest BCUT2D eigenvalue weighted by Gasteiger charge is -2.10. The summed E-state index contributed by atoms with van der Waals surface area (Å²) in [6, 6.07) is 3.77. The maximum atomic E-state index is 6.13. The highest BCUT2D eigenvalue weighted by atomic mass is 35.5. The summed E-state index contributed by atoms with van der Waals surface area (Å²) in [6.07, 6.45) is 0.745. The van der Waals surface area contributed by atoms with Crippen LogP contribution in [0.3, 0.4) is 0 Å². The molecule has 0 aliphatic heterocycles. The topological polar surface area (TPSA) is 63.8 Å². The third-order valence-corrected chi connectivity index (χ3v) is 2.81. The number of hydrazine groups is 1. The number of rotatable bonds is 2. The van der Waals surface area contributed by atoms with Crippen molar-refractivity contribution in [1.82, 2.24) is 9.97 Å². The molecule has 0 amide bonds. The van der Waals surface area contributed by atoms with Gasteiger partial charge in [0.25, 0.3) is 0 Å². The quantitative estimate of drug-likeness (QED) is 0.621. The monoisotopic (exact) mass is 236 g/mol. The van der Waals surface area contributed by atoms with Crippen LogP contribution in [0.2, 0.25) is 5.02 Å². The summed E-state index contributed by atoms with van der Waals surface area (Å²) in [5.41, 5.74) is 4.41. The molecule has 0 saturated heterocycles. The zero-order valence-electron chi connectivity index (χ0n) is 9.21. The third-order valence-electron chi connectivity index (χ3n) is 2.51. The standard InChI is InChI=1S/C11H13ClN4/c1-3-8-14-10-7(12)5-4-6(2)9(10)11(15-8)16-13/h4-5H,3,13H2,1-2H3,(H,14,15,16). The fraction of sp³-hybridized carbons (Fsp3) is 0.273. The highest BCUT2D eigenvalue weighted by molar-refractivity contribution is 6.35. The number of nitrogens with zero attached hydrogens (tertiary/aromatic N) is 2. The molecule has 5 heteroatoms. The molecule has 2 rings (SSSR count). The number of aryl methyl sites for hydroxylation is 2. The van der Waals surface area contributed by atoms with E-state index in [1.807, 2.05) is 26.0 Å². The predicted octanol–water partition coefficient (Wildman–Crippen LogP) is 2.44. The van der Waals surface area contributed by atoms with Crippen molar-refractivity contribution in [2.45, 2.75) is 20.3 Å². The van der Waals surface area contributed by atoms with Crippen molar-refractivity contribution in [2.24, 2.45) is 5.84 Å². The molecule has 0 radical (unpaired) electrons. The van der Waals surface area contributed by atoms with E-state index < -0.39 is 0 Å². The number of anilines is 1. The van der Waals surface area contributed by atoms with Crippen LogP contribution in [-0.4, -0.2) is 9.97 Å². The molecule has 2 aromatic rings. The fourth-order valence-corrected chi connectivity index (χ4v) is 1.88. The van der Waals surface area contributed by atoms with Crippen LogP contribution >= 0.6 is 11.6 Å². The molecular weight excluding hydrogens is 224 g/mol. The molecule has 0 aliphatic rings. The van der Waals surface area contributed by atoms with E-state index in [4.69, 9.17) is 17.4 Å². The molecule has 1 heterocycles. The second-order valence-corrected chi connectivity index (χ2v) is 3.98. The van der Waals surface area contributed by atoms with Gasteiger partial charge in [0.05, 0.1) is 10.5 Å². The van der Waals surface area contributed by atoms with Gasteiger partial charge in [0.15, 0.2) is 5.82 Å². The van der Waals surface area contributed by atoms with E-state index in [9.17, 15) is 0 Å². The molecular formula is C11H13ClN4.